The molecule has 3 aromatic rings. The molecule has 1 N–H and O–H groups in total. The van der Waals surface area contributed by atoms with Crippen LogP contribution in [0.4, 0.5) is 5.69 Å². The lowest BCUT2D eigenvalue weighted by molar-refractivity contribution is 0.102. The number of ether oxygens (including phenoxy) is 2. The first kappa shape index (κ1) is 19.3. The van der Waals surface area contributed by atoms with Crippen LogP contribution in [-0.2, 0) is 12.8 Å². The Labute approximate surface area is 174 Å². The van der Waals surface area contributed by atoms with Crippen LogP contribution in [0.15, 0.2) is 36.4 Å². The van der Waals surface area contributed by atoms with Crippen molar-refractivity contribution in [3.8, 4) is 17.2 Å². The Hall–Kier alpha value is -2.99. The average Bonchev–Trinajstić information content (AvgIpc) is 3.32. The van der Waals surface area contributed by atoms with Gasteiger partial charge in [-0.1, -0.05) is 29.3 Å². The van der Waals surface area contributed by atoms with Gasteiger partial charge >= 0.3 is 0 Å². The molecule has 0 saturated heterocycles. The van der Waals surface area contributed by atoms with Crippen molar-refractivity contribution >= 4 is 23.2 Å². The lowest BCUT2D eigenvalue weighted by atomic mass is 10.2. The minimum Gasteiger partial charge on any atom is -0.495 e. The second-order valence-electron chi connectivity index (χ2n) is 7.02. The number of anilines is 1. The Bertz CT molecular complexity index is 1070. The van der Waals surface area contributed by atoms with E-state index in [9.17, 15) is 4.79 Å². The van der Waals surface area contributed by atoms with E-state index in [1.165, 1.54) is 19.8 Å². The van der Waals surface area contributed by atoms with Crippen molar-refractivity contribution < 1.29 is 14.3 Å². The molecular weight excluding hydrogens is 390 g/mol. The number of fused-ring (bicyclic) bond motifs is 1. The molecule has 0 atom stereocenters. The zero-order chi connectivity index (χ0) is 20.5. The number of benzene rings is 2. The number of halogens is 1. The largest absolute Gasteiger partial charge is 0.495 e. The molecule has 6 nitrogen and oxygen atoms in total. The third-order valence-corrected chi connectivity index (χ3v) is 5.44. The van der Waals surface area contributed by atoms with E-state index < -0.39 is 0 Å². The van der Waals surface area contributed by atoms with Crippen molar-refractivity contribution in [3.63, 3.8) is 0 Å². The van der Waals surface area contributed by atoms with Crippen LogP contribution in [0.1, 0.15) is 33.7 Å². The Balaban J connectivity index is 1.70. The Morgan fingerprint density at radius 2 is 1.83 bits per heavy atom. The molecule has 0 bridgehead atoms. The SMILES string of the molecule is COc1cc(NC(=O)c2nn(-c3ccc(C)cc3)c3c2CCC3)c(OC)cc1Cl. The molecule has 0 aliphatic heterocycles. The first-order valence-corrected chi connectivity index (χ1v) is 9.80. The molecule has 1 aliphatic rings. The highest BCUT2D eigenvalue weighted by Gasteiger charge is 2.27. The lowest BCUT2D eigenvalue weighted by Crippen LogP contribution is -2.15. The number of amides is 1. The maximum absolute atomic E-state index is 13.1. The van der Waals surface area contributed by atoms with Crippen LogP contribution in [0.5, 0.6) is 11.5 Å². The van der Waals surface area contributed by atoms with Gasteiger partial charge in [0, 0.05) is 23.4 Å². The number of hydrogen-bond donors (Lipinski definition) is 1. The molecule has 0 radical (unpaired) electrons. The van der Waals surface area contributed by atoms with Crippen LogP contribution in [0.2, 0.25) is 5.02 Å². The van der Waals surface area contributed by atoms with Gasteiger partial charge in [-0.05, 0) is 38.3 Å². The number of methoxy groups -OCH3 is 2. The van der Waals surface area contributed by atoms with Crippen molar-refractivity contribution in [2.24, 2.45) is 0 Å². The first-order valence-electron chi connectivity index (χ1n) is 9.42. The zero-order valence-electron chi connectivity index (χ0n) is 16.6. The van der Waals surface area contributed by atoms with Crippen LogP contribution in [0.3, 0.4) is 0 Å². The number of nitrogens with zero attached hydrogens (tertiary/aromatic N) is 2. The van der Waals surface area contributed by atoms with Gasteiger partial charge in [-0.3, -0.25) is 4.79 Å². The molecule has 150 valence electrons. The van der Waals surface area contributed by atoms with E-state index in [1.54, 1.807) is 12.1 Å². The number of aromatic nitrogens is 2. The molecule has 1 heterocycles. The minimum absolute atomic E-state index is 0.281. The summed E-state index contributed by atoms with van der Waals surface area (Å²) >= 11 is 6.16. The highest BCUT2D eigenvalue weighted by atomic mass is 35.5. The molecule has 1 amide bonds. The third-order valence-electron chi connectivity index (χ3n) is 5.15. The van der Waals surface area contributed by atoms with Crippen molar-refractivity contribution in [2.75, 3.05) is 19.5 Å². The second-order valence-corrected chi connectivity index (χ2v) is 7.42. The predicted molar refractivity (Wildman–Crippen MR) is 113 cm³/mol. The van der Waals surface area contributed by atoms with E-state index in [0.29, 0.717) is 27.9 Å². The molecule has 1 aliphatic carbocycles. The molecule has 0 saturated carbocycles. The van der Waals surface area contributed by atoms with E-state index >= 15 is 0 Å². The summed E-state index contributed by atoms with van der Waals surface area (Å²) in [5.74, 6) is 0.633. The smallest absolute Gasteiger partial charge is 0.276 e. The molecule has 29 heavy (non-hydrogen) atoms. The van der Waals surface area contributed by atoms with Gasteiger partial charge in [0.05, 0.1) is 30.6 Å². The van der Waals surface area contributed by atoms with Crippen LogP contribution in [0.25, 0.3) is 5.69 Å². The lowest BCUT2D eigenvalue weighted by Gasteiger charge is -2.13. The summed E-state index contributed by atoms with van der Waals surface area (Å²) in [6.45, 7) is 2.05. The molecule has 1 aromatic heterocycles. The number of carbonyl (C=O) groups excluding carboxylic acids is 1. The normalized spacial score (nSPS) is 12.6. The van der Waals surface area contributed by atoms with Gasteiger partial charge < -0.3 is 14.8 Å². The number of rotatable bonds is 5. The highest BCUT2D eigenvalue weighted by molar-refractivity contribution is 6.32. The molecule has 0 fully saturated rings. The Morgan fingerprint density at radius 3 is 2.52 bits per heavy atom. The van der Waals surface area contributed by atoms with E-state index in [1.807, 2.05) is 35.9 Å². The van der Waals surface area contributed by atoms with Gasteiger partial charge in [-0.25, -0.2) is 4.68 Å². The molecular formula is C22H22ClN3O3. The minimum atomic E-state index is -0.281. The topological polar surface area (TPSA) is 65.4 Å². The molecule has 2 aromatic carbocycles. The highest BCUT2D eigenvalue weighted by Crippen LogP contribution is 2.36. The van der Waals surface area contributed by atoms with Gasteiger partial charge in [-0.15, -0.1) is 0 Å². The predicted octanol–water partition coefficient (Wildman–Crippen LogP) is 4.59. The second kappa shape index (κ2) is 7.79. The van der Waals surface area contributed by atoms with Gasteiger partial charge in [-0.2, -0.15) is 5.10 Å². The standard InChI is InChI=1S/C22H22ClN3O3/c1-13-7-9-14(10-8-13)26-18-6-4-5-15(18)21(25-26)22(27)24-17-12-19(28-2)16(23)11-20(17)29-3/h7-12H,4-6H2,1-3H3,(H,24,27). The van der Waals surface area contributed by atoms with Crippen molar-refractivity contribution in [2.45, 2.75) is 26.2 Å². The van der Waals surface area contributed by atoms with Crippen LogP contribution >= 0.6 is 11.6 Å². The third kappa shape index (κ3) is 3.56. The fourth-order valence-electron chi connectivity index (χ4n) is 3.66. The Morgan fingerprint density at radius 1 is 1.10 bits per heavy atom. The molecule has 4 rings (SSSR count). The Kier molecular flexibility index (Phi) is 5.20. The van der Waals surface area contributed by atoms with Crippen molar-refractivity contribution in [1.82, 2.24) is 9.78 Å². The summed E-state index contributed by atoms with van der Waals surface area (Å²) < 4.78 is 12.5. The van der Waals surface area contributed by atoms with Gasteiger partial charge in [0.2, 0.25) is 0 Å². The summed E-state index contributed by atoms with van der Waals surface area (Å²) in [7, 11) is 3.05. The number of hydrogen-bond acceptors (Lipinski definition) is 4. The summed E-state index contributed by atoms with van der Waals surface area (Å²) in [4.78, 5) is 13.1. The zero-order valence-corrected chi connectivity index (χ0v) is 17.3. The van der Waals surface area contributed by atoms with E-state index in [-0.39, 0.29) is 5.91 Å². The monoisotopic (exact) mass is 411 g/mol. The quantitative estimate of drug-likeness (QED) is 0.666. The molecule has 0 spiro atoms. The van der Waals surface area contributed by atoms with Crippen LogP contribution in [0, 0.1) is 6.92 Å². The van der Waals surface area contributed by atoms with Crippen LogP contribution in [-0.4, -0.2) is 29.9 Å². The van der Waals surface area contributed by atoms with Crippen LogP contribution < -0.4 is 14.8 Å². The van der Waals surface area contributed by atoms with E-state index in [4.69, 9.17) is 21.1 Å². The summed E-state index contributed by atoms with van der Waals surface area (Å²) in [5.41, 5.74) is 5.16. The number of carbonyl (C=O) groups is 1. The maximum atomic E-state index is 13.1. The average molecular weight is 412 g/mol. The number of aryl methyl sites for hydroxylation is 1. The van der Waals surface area contributed by atoms with Gasteiger partial charge in [0.25, 0.3) is 5.91 Å². The number of nitrogens with one attached hydrogen (secondary N) is 1. The summed E-state index contributed by atoms with van der Waals surface area (Å²) in [6, 6.07) is 11.4. The molecule has 7 heteroatoms. The van der Waals surface area contributed by atoms with Gasteiger partial charge in [0.15, 0.2) is 5.69 Å². The van der Waals surface area contributed by atoms with Gasteiger partial charge in [0.1, 0.15) is 11.5 Å². The molecule has 0 unspecified atom stereocenters. The van der Waals surface area contributed by atoms with E-state index in [0.717, 1.165) is 36.2 Å². The summed E-state index contributed by atoms with van der Waals surface area (Å²) in [5, 5.41) is 7.96. The maximum Gasteiger partial charge on any atom is 0.276 e. The van der Waals surface area contributed by atoms with Crippen molar-refractivity contribution in [3.05, 3.63) is 63.9 Å². The summed E-state index contributed by atoms with van der Waals surface area (Å²) in [6.07, 6.45) is 2.75. The fraction of sp³-hybridized carbons (Fsp3) is 0.273. The van der Waals surface area contributed by atoms with Crippen molar-refractivity contribution in [1.29, 1.82) is 0 Å². The fourth-order valence-corrected chi connectivity index (χ4v) is 3.89. The first-order chi connectivity index (χ1) is 14.0. The van der Waals surface area contributed by atoms with E-state index in [2.05, 4.69) is 10.4 Å².